The number of benzene rings is 1. The molecule has 1 aromatic carbocycles. The topological polar surface area (TPSA) is 38.7 Å². The van der Waals surface area contributed by atoms with E-state index < -0.39 is 6.79 Å². The fraction of sp³-hybridized carbons (Fsp3) is 0.250. The standard InChI is InChI=1S/C8H9FO3/c1-6-4-7(10)2-3-8(6)11-5-12-9/h2-4,10H,5H2,1H3. The van der Waals surface area contributed by atoms with E-state index in [1.54, 1.807) is 13.0 Å². The highest BCUT2D eigenvalue weighted by molar-refractivity contribution is 5.38. The molecule has 0 unspecified atom stereocenters. The van der Waals surface area contributed by atoms with Crippen LogP contribution in [0.25, 0.3) is 0 Å². The molecule has 0 saturated heterocycles. The maximum Gasteiger partial charge on any atom is 0.226 e. The fourth-order valence-electron chi connectivity index (χ4n) is 0.881. The molecule has 4 heteroatoms. The van der Waals surface area contributed by atoms with Crippen LogP contribution >= 0.6 is 0 Å². The van der Waals surface area contributed by atoms with Gasteiger partial charge < -0.3 is 9.84 Å². The largest absolute Gasteiger partial charge is 0.508 e. The van der Waals surface area contributed by atoms with Gasteiger partial charge >= 0.3 is 0 Å². The van der Waals surface area contributed by atoms with Crippen molar-refractivity contribution in [2.24, 2.45) is 0 Å². The van der Waals surface area contributed by atoms with E-state index >= 15 is 0 Å². The smallest absolute Gasteiger partial charge is 0.226 e. The SMILES string of the molecule is Cc1cc(O)ccc1OCOF. The van der Waals surface area contributed by atoms with Crippen molar-refractivity contribution in [2.45, 2.75) is 6.92 Å². The van der Waals surface area contributed by atoms with Crippen molar-refractivity contribution in [2.75, 3.05) is 6.79 Å². The van der Waals surface area contributed by atoms with Gasteiger partial charge in [-0.2, -0.15) is 4.94 Å². The molecule has 0 fully saturated rings. The minimum atomic E-state index is -0.439. The summed E-state index contributed by atoms with van der Waals surface area (Å²) in [5.41, 5.74) is 0.729. The van der Waals surface area contributed by atoms with E-state index in [1.807, 2.05) is 0 Å². The van der Waals surface area contributed by atoms with Crippen molar-refractivity contribution in [3.8, 4) is 11.5 Å². The Hall–Kier alpha value is -1.29. The lowest BCUT2D eigenvalue weighted by Gasteiger charge is -2.05. The molecule has 0 spiro atoms. The molecule has 3 nitrogen and oxygen atoms in total. The van der Waals surface area contributed by atoms with Crippen molar-refractivity contribution in [3.05, 3.63) is 23.8 Å². The van der Waals surface area contributed by atoms with Crippen LogP contribution in [0.4, 0.5) is 4.53 Å². The molecule has 0 heterocycles. The molecule has 1 aromatic rings. The molecule has 0 aliphatic rings. The zero-order chi connectivity index (χ0) is 8.97. The first-order valence-corrected chi connectivity index (χ1v) is 3.40. The summed E-state index contributed by atoms with van der Waals surface area (Å²) in [6.45, 7) is 1.30. The fourth-order valence-corrected chi connectivity index (χ4v) is 0.881. The minimum Gasteiger partial charge on any atom is -0.508 e. The molecule has 0 bridgehead atoms. The Morgan fingerprint density at radius 3 is 2.83 bits per heavy atom. The first-order chi connectivity index (χ1) is 5.74. The predicted octanol–water partition coefficient (Wildman–Crippen LogP) is 1.94. The summed E-state index contributed by atoms with van der Waals surface area (Å²) in [6.07, 6.45) is 0. The van der Waals surface area contributed by atoms with Crippen LogP contribution in [0.2, 0.25) is 0 Å². The highest BCUT2D eigenvalue weighted by Gasteiger charge is 1.99. The zero-order valence-electron chi connectivity index (χ0n) is 6.58. The Kier molecular flexibility index (Phi) is 2.88. The average Bonchev–Trinajstić information content (AvgIpc) is 2.03. The Morgan fingerprint density at radius 1 is 1.50 bits per heavy atom. The van der Waals surface area contributed by atoms with Gasteiger partial charge in [-0.1, -0.05) is 0 Å². The van der Waals surface area contributed by atoms with Gasteiger partial charge in [-0.05, 0) is 35.2 Å². The van der Waals surface area contributed by atoms with Gasteiger partial charge in [0.2, 0.25) is 6.79 Å². The third-order valence-electron chi connectivity index (χ3n) is 1.42. The second kappa shape index (κ2) is 3.92. The van der Waals surface area contributed by atoms with E-state index in [1.165, 1.54) is 12.1 Å². The van der Waals surface area contributed by atoms with Crippen molar-refractivity contribution in [1.29, 1.82) is 0 Å². The molecule has 0 aliphatic heterocycles. The number of aromatic hydroxyl groups is 1. The Morgan fingerprint density at radius 2 is 2.25 bits per heavy atom. The summed E-state index contributed by atoms with van der Waals surface area (Å²) in [5, 5.41) is 9.00. The summed E-state index contributed by atoms with van der Waals surface area (Å²) < 4.78 is 16.0. The van der Waals surface area contributed by atoms with Crippen molar-refractivity contribution < 1.29 is 19.3 Å². The molecule has 0 aromatic heterocycles. The molecule has 0 aliphatic carbocycles. The number of phenolic OH excluding ortho intramolecular Hbond substituents is 1. The van der Waals surface area contributed by atoms with Gasteiger partial charge in [0.15, 0.2) is 0 Å². The van der Waals surface area contributed by atoms with Crippen LogP contribution < -0.4 is 4.74 Å². The van der Waals surface area contributed by atoms with Crippen molar-refractivity contribution in [1.82, 2.24) is 0 Å². The van der Waals surface area contributed by atoms with Gasteiger partial charge in [0.1, 0.15) is 11.5 Å². The number of phenols is 1. The maximum atomic E-state index is 11.2. The molecule has 12 heavy (non-hydrogen) atoms. The summed E-state index contributed by atoms with van der Waals surface area (Å²) in [6, 6.07) is 4.53. The lowest BCUT2D eigenvalue weighted by molar-refractivity contribution is -0.184. The third kappa shape index (κ3) is 2.10. The van der Waals surface area contributed by atoms with Gasteiger partial charge in [-0.25, -0.2) is 0 Å². The Balaban J connectivity index is 2.72. The van der Waals surface area contributed by atoms with Gasteiger partial charge in [0.25, 0.3) is 0 Å². The first-order valence-electron chi connectivity index (χ1n) is 3.40. The molecular formula is C8H9FO3. The van der Waals surface area contributed by atoms with E-state index in [0.717, 1.165) is 5.56 Å². The maximum absolute atomic E-state index is 11.2. The Bertz CT molecular complexity index is 262. The highest BCUT2D eigenvalue weighted by Crippen LogP contribution is 2.22. The van der Waals surface area contributed by atoms with E-state index in [9.17, 15) is 4.53 Å². The van der Waals surface area contributed by atoms with Crippen LogP contribution in [0.1, 0.15) is 5.56 Å². The highest BCUT2D eigenvalue weighted by atomic mass is 19.3. The average molecular weight is 172 g/mol. The summed E-state index contributed by atoms with van der Waals surface area (Å²) in [7, 11) is 0. The number of aryl methyl sites for hydroxylation is 1. The summed E-state index contributed by atoms with van der Waals surface area (Å²) in [4.78, 5) is 3.25. The molecule has 1 N–H and O–H groups in total. The molecule has 66 valence electrons. The predicted molar refractivity (Wildman–Crippen MR) is 40.5 cm³/mol. The van der Waals surface area contributed by atoms with E-state index in [2.05, 4.69) is 4.94 Å². The first kappa shape index (κ1) is 8.80. The molecule has 0 radical (unpaired) electrons. The van der Waals surface area contributed by atoms with Crippen molar-refractivity contribution >= 4 is 0 Å². The van der Waals surface area contributed by atoms with Crippen LogP contribution in [0, 0.1) is 6.92 Å². The van der Waals surface area contributed by atoms with E-state index in [-0.39, 0.29) is 5.75 Å². The normalized spacial score (nSPS) is 9.83. The molecule has 1 rings (SSSR count). The molecule has 0 atom stereocenters. The van der Waals surface area contributed by atoms with Crippen LogP contribution in [-0.2, 0) is 4.94 Å². The number of hydrogen-bond acceptors (Lipinski definition) is 3. The van der Waals surface area contributed by atoms with Gasteiger partial charge in [0.05, 0.1) is 0 Å². The lowest BCUT2D eigenvalue weighted by Crippen LogP contribution is -1.97. The third-order valence-corrected chi connectivity index (χ3v) is 1.42. The van der Waals surface area contributed by atoms with Crippen LogP contribution in [0.3, 0.4) is 0 Å². The number of rotatable bonds is 3. The van der Waals surface area contributed by atoms with Crippen LogP contribution in [0.5, 0.6) is 11.5 Å². The second-order valence-corrected chi connectivity index (χ2v) is 2.32. The summed E-state index contributed by atoms with van der Waals surface area (Å²) >= 11 is 0. The molecule has 0 amide bonds. The number of hydrogen-bond donors (Lipinski definition) is 1. The monoisotopic (exact) mass is 172 g/mol. The van der Waals surface area contributed by atoms with Crippen molar-refractivity contribution in [3.63, 3.8) is 0 Å². The van der Waals surface area contributed by atoms with E-state index in [0.29, 0.717) is 5.75 Å². The van der Waals surface area contributed by atoms with Gasteiger partial charge in [0, 0.05) is 0 Å². The minimum absolute atomic E-state index is 0.154. The van der Waals surface area contributed by atoms with Crippen LogP contribution in [-0.4, -0.2) is 11.9 Å². The summed E-state index contributed by atoms with van der Waals surface area (Å²) in [5.74, 6) is 0.645. The van der Waals surface area contributed by atoms with Crippen LogP contribution in [0.15, 0.2) is 18.2 Å². The van der Waals surface area contributed by atoms with Gasteiger partial charge in [-0.3, -0.25) is 0 Å². The second-order valence-electron chi connectivity index (χ2n) is 2.32. The molecule has 0 saturated carbocycles. The lowest BCUT2D eigenvalue weighted by atomic mass is 10.2. The quantitative estimate of drug-likeness (QED) is 0.708. The molecular weight excluding hydrogens is 163 g/mol. The number of ether oxygens (including phenoxy) is 1. The number of halogens is 1. The Labute approximate surface area is 69.2 Å². The van der Waals surface area contributed by atoms with Gasteiger partial charge in [-0.15, -0.1) is 0 Å². The zero-order valence-corrected chi connectivity index (χ0v) is 6.58. The van der Waals surface area contributed by atoms with E-state index in [4.69, 9.17) is 9.84 Å².